The van der Waals surface area contributed by atoms with E-state index >= 15 is 0 Å². The molecule has 6 heteroatoms. The second-order valence-corrected chi connectivity index (χ2v) is 5.57. The smallest absolute Gasteiger partial charge is 0.325 e. The van der Waals surface area contributed by atoms with Crippen LogP contribution < -0.4 is 5.73 Å². The van der Waals surface area contributed by atoms with Crippen molar-refractivity contribution in [3.05, 3.63) is 0 Å². The molecule has 0 atom stereocenters. The van der Waals surface area contributed by atoms with Crippen molar-refractivity contribution in [3.63, 3.8) is 0 Å². The van der Waals surface area contributed by atoms with Crippen LogP contribution in [0.5, 0.6) is 0 Å². The highest BCUT2D eigenvalue weighted by Gasteiger charge is 2.57. The van der Waals surface area contributed by atoms with Gasteiger partial charge in [-0.15, -0.1) is 0 Å². The number of nitrogens with two attached hydrogens (primary N) is 1. The van der Waals surface area contributed by atoms with Crippen LogP contribution in [-0.2, 0) is 14.6 Å². The number of hydrogen-bond donors (Lipinski definition) is 2. The molecule has 0 aromatic heterocycles. The molecule has 0 radical (unpaired) electrons. The van der Waals surface area contributed by atoms with Crippen molar-refractivity contribution in [2.24, 2.45) is 5.73 Å². The van der Waals surface area contributed by atoms with Gasteiger partial charge in [0.2, 0.25) is 0 Å². The molecule has 0 unspecified atom stereocenters. The van der Waals surface area contributed by atoms with Gasteiger partial charge in [-0.25, -0.2) is 8.42 Å². The maximum absolute atomic E-state index is 11.1. The standard InChI is InChI=1S/C6H11NO4S/c1-12(10,11)6(5(8)9)2-4(7)3-6/h4H,2-3,7H2,1H3,(H,8,9). The summed E-state index contributed by atoms with van der Waals surface area (Å²) in [5.41, 5.74) is 5.36. The second kappa shape index (κ2) is 2.43. The lowest BCUT2D eigenvalue weighted by atomic mass is 9.80. The number of carbonyl (C=O) groups is 1. The van der Waals surface area contributed by atoms with E-state index in [-0.39, 0.29) is 18.9 Å². The summed E-state index contributed by atoms with van der Waals surface area (Å²) in [6, 6.07) is -0.296. The molecule has 3 N–H and O–H groups in total. The number of hydrogen-bond acceptors (Lipinski definition) is 4. The van der Waals surface area contributed by atoms with Crippen molar-refractivity contribution in [2.45, 2.75) is 23.6 Å². The largest absolute Gasteiger partial charge is 0.480 e. The van der Waals surface area contributed by atoms with Gasteiger partial charge in [-0.2, -0.15) is 0 Å². The van der Waals surface area contributed by atoms with Crippen LogP contribution in [0.2, 0.25) is 0 Å². The predicted molar refractivity (Wildman–Crippen MR) is 42.4 cm³/mol. The molecule has 12 heavy (non-hydrogen) atoms. The minimum atomic E-state index is -3.54. The average Bonchev–Trinajstić information content (AvgIpc) is 1.76. The molecule has 70 valence electrons. The number of carboxylic acids is 1. The summed E-state index contributed by atoms with van der Waals surface area (Å²) in [6.45, 7) is 0. The van der Waals surface area contributed by atoms with Crippen LogP contribution in [0.4, 0.5) is 0 Å². The Balaban J connectivity index is 3.01. The first-order valence-corrected chi connectivity index (χ1v) is 5.37. The third kappa shape index (κ3) is 1.11. The van der Waals surface area contributed by atoms with Gasteiger partial charge in [-0.05, 0) is 12.8 Å². The summed E-state index contributed by atoms with van der Waals surface area (Å²) < 4.78 is 20.6. The second-order valence-electron chi connectivity index (χ2n) is 3.24. The van der Waals surface area contributed by atoms with E-state index in [1.54, 1.807) is 0 Å². The lowest BCUT2D eigenvalue weighted by Gasteiger charge is -2.40. The Labute approximate surface area is 70.5 Å². The maximum atomic E-state index is 11.1. The summed E-state index contributed by atoms with van der Waals surface area (Å²) in [6.07, 6.45) is 0.995. The first kappa shape index (κ1) is 9.47. The highest BCUT2D eigenvalue weighted by molar-refractivity contribution is 7.93. The van der Waals surface area contributed by atoms with Crippen molar-refractivity contribution in [2.75, 3.05) is 6.26 Å². The molecule has 1 rings (SSSR count). The van der Waals surface area contributed by atoms with E-state index in [1.165, 1.54) is 0 Å². The molecular weight excluding hydrogens is 182 g/mol. The van der Waals surface area contributed by atoms with Gasteiger partial charge >= 0.3 is 5.97 Å². The van der Waals surface area contributed by atoms with Gasteiger partial charge < -0.3 is 10.8 Å². The van der Waals surface area contributed by atoms with Crippen LogP contribution >= 0.6 is 0 Å². The van der Waals surface area contributed by atoms with Gasteiger partial charge in [0.25, 0.3) is 0 Å². The van der Waals surface area contributed by atoms with Gasteiger partial charge in [0.1, 0.15) is 0 Å². The van der Waals surface area contributed by atoms with E-state index < -0.39 is 20.6 Å². The summed E-state index contributed by atoms with van der Waals surface area (Å²) in [5.74, 6) is -1.29. The van der Waals surface area contributed by atoms with Crippen LogP contribution in [0, 0.1) is 0 Å². The monoisotopic (exact) mass is 193 g/mol. The Morgan fingerprint density at radius 2 is 2.00 bits per heavy atom. The fourth-order valence-corrected chi connectivity index (χ4v) is 2.77. The SMILES string of the molecule is CS(=O)(=O)C1(C(=O)O)CC(N)C1. The summed E-state index contributed by atoms with van der Waals surface area (Å²) in [4.78, 5) is 10.7. The molecule has 0 bridgehead atoms. The van der Waals surface area contributed by atoms with Crippen molar-refractivity contribution in [1.82, 2.24) is 0 Å². The third-order valence-electron chi connectivity index (χ3n) is 2.28. The topological polar surface area (TPSA) is 97.5 Å². The van der Waals surface area contributed by atoms with Gasteiger partial charge in [-0.1, -0.05) is 0 Å². The van der Waals surface area contributed by atoms with Crippen LogP contribution in [0.3, 0.4) is 0 Å². The van der Waals surface area contributed by atoms with Crippen LogP contribution in [0.15, 0.2) is 0 Å². The molecular formula is C6H11NO4S. The van der Waals surface area contributed by atoms with E-state index in [9.17, 15) is 13.2 Å². The number of aliphatic carboxylic acids is 1. The van der Waals surface area contributed by atoms with Crippen molar-refractivity contribution >= 4 is 15.8 Å². The zero-order chi connectivity index (χ0) is 9.57. The predicted octanol–water partition coefficient (Wildman–Crippen LogP) is -1.02. The van der Waals surface area contributed by atoms with E-state index in [2.05, 4.69) is 0 Å². The summed E-state index contributed by atoms with van der Waals surface area (Å²) >= 11 is 0. The summed E-state index contributed by atoms with van der Waals surface area (Å²) in [5, 5.41) is 8.70. The molecule has 1 fully saturated rings. The molecule has 1 saturated carbocycles. The lowest BCUT2D eigenvalue weighted by molar-refractivity contribution is -0.142. The molecule has 1 aliphatic rings. The van der Waals surface area contributed by atoms with E-state index in [0.29, 0.717) is 0 Å². The van der Waals surface area contributed by atoms with Gasteiger partial charge in [-0.3, -0.25) is 4.79 Å². The quantitative estimate of drug-likeness (QED) is 0.584. The average molecular weight is 193 g/mol. The van der Waals surface area contributed by atoms with Crippen molar-refractivity contribution in [3.8, 4) is 0 Å². The molecule has 5 nitrogen and oxygen atoms in total. The van der Waals surface area contributed by atoms with Gasteiger partial charge in [0.05, 0.1) is 0 Å². The zero-order valence-corrected chi connectivity index (χ0v) is 7.47. The Bertz CT molecular complexity index is 302. The van der Waals surface area contributed by atoms with E-state index in [1.807, 2.05) is 0 Å². The lowest BCUT2D eigenvalue weighted by Crippen LogP contribution is -2.60. The maximum Gasteiger partial charge on any atom is 0.325 e. The number of sulfone groups is 1. The van der Waals surface area contributed by atoms with Crippen molar-refractivity contribution in [1.29, 1.82) is 0 Å². The molecule has 0 amide bonds. The first-order valence-electron chi connectivity index (χ1n) is 3.48. The first-order chi connectivity index (χ1) is 5.29. The minimum Gasteiger partial charge on any atom is -0.480 e. The number of rotatable bonds is 2. The van der Waals surface area contributed by atoms with Crippen LogP contribution in [0.25, 0.3) is 0 Å². The Morgan fingerprint density at radius 3 is 2.08 bits per heavy atom. The Morgan fingerprint density at radius 1 is 1.58 bits per heavy atom. The molecule has 0 heterocycles. The third-order valence-corrected chi connectivity index (χ3v) is 4.21. The number of carboxylic acid groups (broad SMARTS) is 1. The fraction of sp³-hybridized carbons (Fsp3) is 0.833. The van der Waals surface area contributed by atoms with Crippen LogP contribution in [-0.4, -0.2) is 36.5 Å². The molecule has 0 spiro atoms. The van der Waals surface area contributed by atoms with E-state index in [0.717, 1.165) is 6.26 Å². The van der Waals surface area contributed by atoms with Crippen LogP contribution in [0.1, 0.15) is 12.8 Å². The van der Waals surface area contributed by atoms with Gasteiger partial charge in [0, 0.05) is 12.3 Å². The molecule has 0 saturated heterocycles. The Kier molecular flexibility index (Phi) is 1.92. The fourth-order valence-electron chi connectivity index (χ4n) is 1.42. The highest BCUT2D eigenvalue weighted by Crippen LogP contribution is 2.38. The molecule has 0 aromatic rings. The normalized spacial score (nSPS) is 35.7. The summed E-state index contributed by atoms with van der Waals surface area (Å²) in [7, 11) is -3.54. The van der Waals surface area contributed by atoms with Crippen molar-refractivity contribution < 1.29 is 18.3 Å². The molecule has 0 aromatic carbocycles. The zero-order valence-electron chi connectivity index (χ0n) is 6.65. The molecule has 0 aliphatic heterocycles. The molecule has 1 aliphatic carbocycles. The van der Waals surface area contributed by atoms with E-state index in [4.69, 9.17) is 10.8 Å². The minimum absolute atomic E-state index is 0.0289. The Hall–Kier alpha value is -0.620. The highest BCUT2D eigenvalue weighted by atomic mass is 32.2. The van der Waals surface area contributed by atoms with Gasteiger partial charge in [0.15, 0.2) is 14.6 Å².